The van der Waals surface area contributed by atoms with E-state index in [0.717, 1.165) is 37.8 Å². The lowest BCUT2D eigenvalue weighted by molar-refractivity contribution is -0.135. The van der Waals surface area contributed by atoms with Crippen molar-refractivity contribution in [1.82, 2.24) is 9.80 Å². The molecule has 2 fully saturated rings. The molecule has 0 N–H and O–H groups in total. The van der Waals surface area contributed by atoms with Crippen LogP contribution in [-0.2, 0) is 4.79 Å². The maximum atomic E-state index is 12.4. The van der Waals surface area contributed by atoms with E-state index in [1.54, 1.807) is 7.11 Å². The van der Waals surface area contributed by atoms with Crippen molar-refractivity contribution >= 4 is 5.91 Å². The molecule has 2 atom stereocenters. The van der Waals surface area contributed by atoms with Crippen LogP contribution in [0.5, 0.6) is 11.5 Å². The highest BCUT2D eigenvalue weighted by Crippen LogP contribution is 2.28. The summed E-state index contributed by atoms with van der Waals surface area (Å²) in [5.41, 5.74) is 0. The first-order valence-electron chi connectivity index (χ1n) is 9.46. The molecule has 3 rings (SSSR count). The molecule has 5 heteroatoms. The number of ether oxygens (including phenoxy) is 2. The first-order valence-corrected chi connectivity index (χ1v) is 9.46. The summed E-state index contributed by atoms with van der Waals surface area (Å²) in [6.45, 7) is 6.09. The van der Waals surface area contributed by atoms with Crippen LogP contribution in [0.2, 0.25) is 0 Å². The molecule has 1 saturated carbocycles. The van der Waals surface area contributed by atoms with E-state index < -0.39 is 0 Å². The largest absolute Gasteiger partial charge is 0.497 e. The summed E-state index contributed by atoms with van der Waals surface area (Å²) in [6.07, 6.45) is 5.39. The van der Waals surface area contributed by atoms with Crippen molar-refractivity contribution in [2.75, 3.05) is 39.9 Å². The van der Waals surface area contributed by atoms with Gasteiger partial charge in [-0.3, -0.25) is 9.69 Å². The summed E-state index contributed by atoms with van der Waals surface area (Å²) in [5.74, 6) is 2.34. The highest BCUT2D eigenvalue weighted by atomic mass is 16.5. The molecule has 1 aliphatic heterocycles. The maximum absolute atomic E-state index is 12.4. The van der Waals surface area contributed by atoms with Crippen molar-refractivity contribution in [3.05, 3.63) is 24.3 Å². The predicted octanol–water partition coefficient (Wildman–Crippen LogP) is 2.80. The van der Waals surface area contributed by atoms with E-state index in [-0.39, 0.29) is 12.5 Å². The topological polar surface area (TPSA) is 42.0 Å². The molecule has 0 unspecified atom stereocenters. The molecular formula is C20H30N2O3. The molecule has 1 aliphatic carbocycles. The van der Waals surface area contributed by atoms with Gasteiger partial charge in [0.05, 0.1) is 7.11 Å². The summed E-state index contributed by atoms with van der Waals surface area (Å²) in [7, 11) is 1.63. The van der Waals surface area contributed by atoms with Gasteiger partial charge in [0.15, 0.2) is 6.61 Å². The van der Waals surface area contributed by atoms with Gasteiger partial charge >= 0.3 is 0 Å². The molecule has 1 amide bonds. The van der Waals surface area contributed by atoms with Crippen LogP contribution < -0.4 is 9.47 Å². The summed E-state index contributed by atoms with van der Waals surface area (Å²) < 4.78 is 10.7. The van der Waals surface area contributed by atoms with Gasteiger partial charge in [0, 0.05) is 32.2 Å². The Bertz CT molecular complexity index is 553. The van der Waals surface area contributed by atoms with Crippen LogP contribution in [0, 0.1) is 5.92 Å². The number of hydrogen-bond acceptors (Lipinski definition) is 4. The van der Waals surface area contributed by atoms with Gasteiger partial charge in [-0.15, -0.1) is 0 Å². The number of amides is 1. The van der Waals surface area contributed by atoms with Crippen molar-refractivity contribution in [1.29, 1.82) is 0 Å². The van der Waals surface area contributed by atoms with Crippen LogP contribution in [0.4, 0.5) is 0 Å². The Morgan fingerprint density at radius 3 is 2.32 bits per heavy atom. The minimum Gasteiger partial charge on any atom is -0.497 e. The minimum atomic E-state index is 0.0761. The van der Waals surface area contributed by atoms with Crippen molar-refractivity contribution in [2.45, 2.75) is 38.6 Å². The Balaban J connectivity index is 1.43. The Morgan fingerprint density at radius 1 is 1.04 bits per heavy atom. The molecule has 5 nitrogen and oxygen atoms in total. The fourth-order valence-electron chi connectivity index (χ4n) is 4.05. The molecule has 25 heavy (non-hydrogen) atoms. The maximum Gasteiger partial charge on any atom is 0.260 e. The zero-order valence-electron chi connectivity index (χ0n) is 15.4. The molecule has 1 heterocycles. The molecular weight excluding hydrogens is 316 g/mol. The molecule has 138 valence electrons. The molecule has 0 bridgehead atoms. The van der Waals surface area contributed by atoms with Crippen LogP contribution in [0.1, 0.15) is 32.6 Å². The van der Waals surface area contributed by atoms with Gasteiger partial charge in [-0.2, -0.15) is 0 Å². The van der Waals surface area contributed by atoms with Gasteiger partial charge in [0.25, 0.3) is 5.91 Å². The third-order valence-electron chi connectivity index (χ3n) is 5.62. The molecule has 1 aromatic rings. The summed E-state index contributed by atoms with van der Waals surface area (Å²) >= 11 is 0. The van der Waals surface area contributed by atoms with Gasteiger partial charge in [0.1, 0.15) is 11.5 Å². The standard InChI is InChI=1S/C20H30N2O3/c1-16-5-3-4-6-19(16)21-11-13-22(14-12-21)20(23)15-25-18-9-7-17(24-2)8-10-18/h7-10,16,19H,3-6,11-15H2,1-2H3/t16-,19-/m1/s1. The first-order chi connectivity index (χ1) is 12.2. The number of piperazine rings is 1. The van der Waals surface area contributed by atoms with Gasteiger partial charge in [-0.25, -0.2) is 0 Å². The zero-order chi connectivity index (χ0) is 17.6. The van der Waals surface area contributed by atoms with Crippen molar-refractivity contribution in [2.24, 2.45) is 5.92 Å². The van der Waals surface area contributed by atoms with E-state index in [1.807, 2.05) is 29.2 Å². The van der Waals surface area contributed by atoms with E-state index >= 15 is 0 Å². The number of nitrogens with zero attached hydrogens (tertiary/aromatic N) is 2. The van der Waals surface area contributed by atoms with Gasteiger partial charge in [-0.1, -0.05) is 19.8 Å². The monoisotopic (exact) mass is 346 g/mol. The van der Waals surface area contributed by atoms with Crippen LogP contribution in [0.25, 0.3) is 0 Å². The molecule has 1 aromatic carbocycles. The Hall–Kier alpha value is -1.75. The molecule has 0 spiro atoms. The quantitative estimate of drug-likeness (QED) is 0.822. The summed E-state index contributed by atoms with van der Waals surface area (Å²) in [4.78, 5) is 16.9. The fraction of sp³-hybridized carbons (Fsp3) is 0.650. The Morgan fingerprint density at radius 2 is 1.68 bits per heavy atom. The Kier molecular flexibility index (Phi) is 6.19. The number of benzene rings is 1. The number of carbonyl (C=O) groups excluding carboxylic acids is 1. The van der Waals surface area contributed by atoms with Gasteiger partial charge in [-0.05, 0) is 43.0 Å². The van der Waals surface area contributed by atoms with Gasteiger partial charge in [0.2, 0.25) is 0 Å². The number of rotatable bonds is 5. The van der Waals surface area contributed by atoms with Crippen molar-refractivity contribution in [3.63, 3.8) is 0 Å². The van der Waals surface area contributed by atoms with E-state index in [2.05, 4.69) is 11.8 Å². The lowest BCUT2D eigenvalue weighted by atomic mass is 9.84. The molecule has 1 saturated heterocycles. The number of carbonyl (C=O) groups is 1. The average molecular weight is 346 g/mol. The van der Waals surface area contributed by atoms with E-state index in [0.29, 0.717) is 11.8 Å². The summed E-state index contributed by atoms with van der Waals surface area (Å²) in [6, 6.07) is 8.04. The van der Waals surface area contributed by atoms with E-state index in [1.165, 1.54) is 25.7 Å². The second-order valence-corrected chi connectivity index (χ2v) is 7.21. The Labute approximate surface area is 150 Å². The van der Waals surface area contributed by atoms with Crippen molar-refractivity contribution in [3.8, 4) is 11.5 Å². The smallest absolute Gasteiger partial charge is 0.260 e. The number of methoxy groups -OCH3 is 1. The fourth-order valence-corrected chi connectivity index (χ4v) is 4.05. The second-order valence-electron chi connectivity index (χ2n) is 7.21. The average Bonchev–Trinajstić information content (AvgIpc) is 2.67. The van der Waals surface area contributed by atoms with Crippen molar-refractivity contribution < 1.29 is 14.3 Å². The third-order valence-corrected chi connectivity index (χ3v) is 5.62. The zero-order valence-corrected chi connectivity index (χ0v) is 15.4. The SMILES string of the molecule is COc1ccc(OCC(=O)N2CCN([C@@H]3CCCC[C@H]3C)CC2)cc1. The normalized spacial score (nSPS) is 24.8. The highest BCUT2D eigenvalue weighted by Gasteiger charge is 2.30. The highest BCUT2D eigenvalue weighted by molar-refractivity contribution is 5.77. The van der Waals surface area contributed by atoms with E-state index in [4.69, 9.17) is 9.47 Å². The second kappa shape index (κ2) is 8.56. The summed E-state index contributed by atoms with van der Waals surface area (Å²) in [5, 5.41) is 0. The van der Waals surface area contributed by atoms with Gasteiger partial charge < -0.3 is 14.4 Å². The number of hydrogen-bond donors (Lipinski definition) is 0. The third kappa shape index (κ3) is 4.66. The lowest BCUT2D eigenvalue weighted by Crippen LogP contribution is -2.54. The molecule has 2 aliphatic rings. The molecule has 0 aromatic heterocycles. The molecule has 0 radical (unpaired) electrons. The van der Waals surface area contributed by atoms with Crippen LogP contribution in [0.15, 0.2) is 24.3 Å². The van der Waals surface area contributed by atoms with Crippen LogP contribution >= 0.6 is 0 Å². The van der Waals surface area contributed by atoms with Crippen LogP contribution in [-0.4, -0.2) is 61.6 Å². The predicted molar refractivity (Wildman–Crippen MR) is 98.1 cm³/mol. The minimum absolute atomic E-state index is 0.0761. The van der Waals surface area contributed by atoms with Crippen LogP contribution in [0.3, 0.4) is 0 Å². The van der Waals surface area contributed by atoms with E-state index in [9.17, 15) is 4.79 Å². The lowest BCUT2D eigenvalue weighted by Gasteiger charge is -2.43. The first kappa shape index (κ1) is 18.1.